The van der Waals surface area contributed by atoms with Crippen LogP contribution in [0.1, 0.15) is 5.56 Å². The van der Waals surface area contributed by atoms with Crippen molar-refractivity contribution in [3.63, 3.8) is 0 Å². The Morgan fingerprint density at radius 3 is 3.00 bits per heavy atom. The van der Waals surface area contributed by atoms with Crippen molar-refractivity contribution in [2.24, 2.45) is 0 Å². The molecule has 0 aliphatic rings. The number of hydrogen-bond donors (Lipinski definition) is 0. The SMILES string of the molecule is COc1cccc(CC=CBr)c1. The summed E-state index contributed by atoms with van der Waals surface area (Å²) in [7, 11) is 1.68. The van der Waals surface area contributed by atoms with Gasteiger partial charge in [-0.1, -0.05) is 34.1 Å². The van der Waals surface area contributed by atoms with Gasteiger partial charge in [0.2, 0.25) is 0 Å². The lowest BCUT2D eigenvalue weighted by molar-refractivity contribution is 0.414. The van der Waals surface area contributed by atoms with E-state index in [0.717, 1.165) is 12.2 Å². The number of rotatable bonds is 3. The van der Waals surface area contributed by atoms with Gasteiger partial charge in [0.15, 0.2) is 0 Å². The lowest BCUT2D eigenvalue weighted by Crippen LogP contribution is -1.85. The maximum absolute atomic E-state index is 5.10. The molecule has 12 heavy (non-hydrogen) atoms. The second-order valence-electron chi connectivity index (χ2n) is 2.42. The van der Waals surface area contributed by atoms with Crippen molar-refractivity contribution in [3.05, 3.63) is 40.9 Å². The van der Waals surface area contributed by atoms with Gasteiger partial charge in [0.1, 0.15) is 5.75 Å². The summed E-state index contributed by atoms with van der Waals surface area (Å²) >= 11 is 3.23. The molecule has 0 unspecified atom stereocenters. The molecule has 0 amide bonds. The van der Waals surface area contributed by atoms with E-state index in [-0.39, 0.29) is 0 Å². The quantitative estimate of drug-likeness (QED) is 0.770. The van der Waals surface area contributed by atoms with Crippen LogP contribution in [-0.4, -0.2) is 7.11 Å². The van der Waals surface area contributed by atoms with Gasteiger partial charge in [-0.2, -0.15) is 0 Å². The molecule has 0 radical (unpaired) electrons. The fourth-order valence-electron chi connectivity index (χ4n) is 0.980. The minimum atomic E-state index is 0.912. The van der Waals surface area contributed by atoms with Gasteiger partial charge in [-0.25, -0.2) is 0 Å². The molecule has 2 heteroatoms. The number of halogens is 1. The minimum absolute atomic E-state index is 0.912. The molecule has 0 N–H and O–H groups in total. The van der Waals surface area contributed by atoms with Gasteiger partial charge in [0.25, 0.3) is 0 Å². The molecular weight excluding hydrogens is 216 g/mol. The standard InChI is InChI=1S/C10H11BrO/c1-12-10-6-2-4-9(8-10)5-3-7-11/h2-4,6-8H,5H2,1H3. The molecule has 0 aromatic heterocycles. The van der Waals surface area contributed by atoms with Crippen LogP contribution < -0.4 is 4.74 Å². The highest BCUT2D eigenvalue weighted by molar-refractivity contribution is 9.11. The second kappa shape index (κ2) is 4.99. The van der Waals surface area contributed by atoms with Crippen LogP contribution in [0.3, 0.4) is 0 Å². The Balaban J connectivity index is 2.72. The molecule has 0 aliphatic carbocycles. The third-order valence-corrected chi connectivity index (χ3v) is 1.95. The predicted molar refractivity (Wildman–Crippen MR) is 54.8 cm³/mol. The van der Waals surface area contributed by atoms with E-state index in [2.05, 4.69) is 28.1 Å². The lowest BCUT2D eigenvalue weighted by Gasteiger charge is -2.00. The lowest BCUT2D eigenvalue weighted by atomic mass is 10.1. The highest BCUT2D eigenvalue weighted by atomic mass is 79.9. The zero-order chi connectivity index (χ0) is 8.81. The van der Waals surface area contributed by atoms with Gasteiger partial charge < -0.3 is 4.74 Å². The van der Waals surface area contributed by atoms with E-state index in [1.807, 2.05) is 23.2 Å². The van der Waals surface area contributed by atoms with Crippen LogP contribution in [-0.2, 0) is 6.42 Å². The molecule has 1 nitrogen and oxygen atoms in total. The summed E-state index contributed by atoms with van der Waals surface area (Å²) in [5, 5.41) is 0. The average Bonchev–Trinajstić information content (AvgIpc) is 2.15. The highest BCUT2D eigenvalue weighted by Crippen LogP contribution is 2.13. The number of methoxy groups -OCH3 is 1. The first-order chi connectivity index (χ1) is 5.86. The first-order valence-electron chi connectivity index (χ1n) is 3.75. The molecule has 1 aromatic carbocycles. The van der Waals surface area contributed by atoms with E-state index in [9.17, 15) is 0 Å². The molecule has 0 saturated carbocycles. The van der Waals surface area contributed by atoms with Crippen molar-refractivity contribution in [1.82, 2.24) is 0 Å². The maximum atomic E-state index is 5.10. The van der Waals surface area contributed by atoms with E-state index in [1.165, 1.54) is 5.56 Å². The minimum Gasteiger partial charge on any atom is -0.497 e. The van der Waals surface area contributed by atoms with Crippen molar-refractivity contribution in [2.45, 2.75) is 6.42 Å². The van der Waals surface area contributed by atoms with Crippen LogP contribution >= 0.6 is 15.9 Å². The maximum Gasteiger partial charge on any atom is 0.119 e. The van der Waals surface area contributed by atoms with Gasteiger partial charge >= 0.3 is 0 Å². The number of hydrogen-bond acceptors (Lipinski definition) is 1. The van der Waals surface area contributed by atoms with Crippen molar-refractivity contribution < 1.29 is 4.74 Å². The van der Waals surface area contributed by atoms with Crippen LogP contribution in [0.2, 0.25) is 0 Å². The third-order valence-electron chi connectivity index (χ3n) is 1.58. The smallest absolute Gasteiger partial charge is 0.119 e. The van der Waals surface area contributed by atoms with Gasteiger partial charge in [-0.05, 0) is 29.1 Å². The Kier molecular flexibility index (Phi) is 3.88. The normalized spacial score (nSPS) is 10.5. The Labute approximate surface area is 81.2 Å². The summed E-state index contributed by atoms with van der Waals surface area (Å²) in [6.07, 6.45) is 2.98. The van der Waals surface area contributed by atoms with Crippen LogP contribution in [0.4, 0.5) is 0 Å². The van der Waals surface area contributed by atoms with Crippen LogP contribution in [0.15, 0.2) is 35.3 Å². The Hall–Kier alpha value is -0.760. The van der Waals surface area contributed by atoms with E-state index in [4.69, 9.17) is 4.74 Å². The second-order valence-corrected chi connectivity index (χ2v) is 2.95. The summed E-state index contributed by atoms with van der Waals surface area (Å²) < 4.78 is 5.10. The van der Waals surface area contributed by atoms with Crippen LogP contribution in [0, 0.1) is 0 Å². The largest absolute Gasteiger partial charge is 0.497 e. The molecule has 1 rings (SSSR count). The third kappa shape index (κ3) is 2.70. The summed E-state index contributed by atoms with van der Waals surface area (Å²) in [5.41, 5.74) is 1.25. The Bertz CT molecular complexity index is 268. The summed E-state index contributed by atoms with van der Waals surface area (Å²) in [4.78, 5) is 1.87. The van der Waals surface area contributed by atoms with Gasteiger partial charge in [0.05, 0.1) is 7.11 Å². The number of ether oxygens (including phenoxy) is 1. The molecule has 0 fully saturated rings. The van der Waals surface area contributed by atoms with Crippen molar-refractivity contribution in [2.75, 3.05) is 7.11 Å². The van der Waals surface area contributed by atoms with Crippen molar-refractivity contribution in [1.29, 1.82) is 0 Å². The number of benzene rings is 1. The summed E-state index contributed by atoms with van der Waals surface area (Å²) in [6.45, 7) is 0. The van der Waals surface area contributed by atoms with Gasteiger partial charge in [-0.3, -0.25) is 0 Å². The molecule has 0 atom stereocenters. The van der Waals surface area contributed by atoms with Crippen LogP contribution in [0.5, 0.6) is 5.75 Å². The molecule has 64 valence electrons. The topological polar surface area (TPSA) is 9.23 Å². The molecule has 0 bridgehead atoms. The fourth-order valence-corrected chi connectivity index (χ4v) is 1.17. The molecule has 0 heterocycles. The number of allylic oxidation sites excluding steroid dienone is 1. The van der Waals surface area contributed by atoms with Crippen molar-refractivity contribution >= 4 is 15.9 Å². The zero-order valence-corrected chi connectivity index (χ0v) is 8.54. The van der Waals surface area contributed by atoms with Crippen molar-refractivity contribution in [3.8, 4) is 5.75 Å². The molecule has 0 aliphatic heterocycles. The first kappa shape index (κ1) is 9.33. The fraction of sp³-hybridized carbons (Fsp3) is 0.200. The predicted octanol–water partition coefficient (Wildman–Crippen LogP) is 3.15. The summed E-state index contributed by atoms with van der Waals surface area (Å²) in [6, 6.07) is 8.06. The Morgan fingerprint density at radius 2 is 2.33 bits per heavy atom. The van der Waals surface area contributed by atoms with Gasteiger partial charge in [0, 0.05) is 0 Å². The Morgan fingerprint density at radius 1 is 1.50 bits per heavy atom. The van der Waals surface area contributed by atoms with E-state index >= 15 is 0 Å². The van der Waals surface area contributed by atoms with E-state index in [0.29, 0.717) is 0 Å². The zero-order valence-electron chi connectivity index (χ0n) is 6.96. The summed E-state index contributed by atoms with van der Waals surface area (Å²) in [5.74, 6) is 0.912. The molecule has 0 spiro atoms. The first-order valence-corrected chi connectivity index (χ1v) is 4.66. The molecule has 0 saturated heterocycles. The van der Waals surface area contributed by atoms with Crippen LogP contribution in [0.25, 0.3) is 0 Å². The molecule has 1 aromatic rings. The highest BCUT2D eigenvalue weighted by Gasteiger charge is 1.92. The van der Waals surface area contributed by atoms with E-state index < -0.39 is 0 Å². The average molecular weight is 227 g/mol. The molecular formula is C10H11BrO. The van der Waals surface area contributed by atoms with E-state index in [1.54, 1.807) is 7.11 Å². The van der Waals surface area contributed by atoms with Gasteiger partial charge in [-0.15, -0.1) is 0 Å². The monoisotopic (exact) mass is 226 g/mol.